The van der Waals surface area contributed by atoms with Crippen LogP contribution in [0.25, 0.3) is 0 Å². The van der Waals surface area contributed by atoms with Crippen LogP contribution in [-0.2, 0) is 0 Å². The Bertz CT molecular complexity index is 501. The van der Waals surface area contributed by atoms with Crippen LogP contribution in [-0.4, -0.2) is 36.9 Å². The first-order valence-corrected chi connectivity index (χ1v) is 7.13. The van der Waals surface area contributed by atoms with Crippen molar-refractivity contribution < 1.29 is 13.9 Å². The highest BCUT2D eigenvalue weighted by Crippen LogP contribution is 2.24. The van der Waals surface area contributed by atoms with Gasteiger partial charge in [0.05, 0.1) is 12.2 Å². The van der Waals surface area contributed by atoms with E-state index < -0.39 is 0 Å². The molecular formula is C16H22FNO2. The number of benzene rings is 1. The Morgan fingerprint density at radius 1 is 1.50 bits per heavy atom. The molecular weight excluding hydrogens is 257 g/mol. The van der Waals surface area contributed by atoms with Gasteiger partial charge in [0.1, 0.15) is 11.6 Å². The van der Waals surface area contributed by atoms with Crippen LogP contribution in [0.15, 0.2) is 12.1 Å². The lowest BCUT2D eigenvalue weighted by Crippen LogP contribution is -2.26. The first-order valence-electron chi connectivity index (χ1n) is 7.13. The monoisotopic (exact) mass is 279 g/mol. The molecule has 3 nitrogen and oxygen atoms in total. The molecule has 1 aliphatic rings. The fraction of sp³-hybridized carbons (Fsp3) is 0.562. The smallest absolute Gasteiger partial charge is 0.163 e. The summed E-state index contributed by atoms with van der Waals surface area (Å²) in [6.07, 6.45) is 3.36. The summed E-state index contributed by atoms with van der Waals surface area (Å²) in [7, 11) is 2.13. The van der Waals surface area contributed by atoms with Gasteiger partial charge in [0.25, 0.3) is 0 Å². The number of carbonyl (C=O) groups excluding carboxylic acids is 1. The van der Waals surface area contributed by atoms with Crippen molar-refractivity contribution in [2.75, 3.05) is 20.2 Å². The Morgan fingerprint density at radius 3 is 2.85 bits per heavy atom. The fourth-order valence-corrected chi connectivity index (χ4v) is 2.70. The van der Waals surface area contributed by atoms with Crippen LogP contribution < -0.4 is 4.74 Å². The average Bonchev–Trinajstić information content (AvgIpc) is 2.79. The van der Waals surface area contributed by atoms with E-state index in [0.717, 1.165) is 13.0 Å². The van der Waals surface area contributed by atoms with E-state index in [9.17, 15) is 9.18 Å². The fourth-order valence-electron chi connectivity index (χ4n) is 2.70. The van der Waals surface area contributed by atoms with Gasteiger partial charge in [-0.2, -0.15) is 0 Å². The number of likely N-dealkylation sites (tertiary alicyclic amines) is 1. The molecule has 0 spiro atoms. The van der Waals surface area contributed by atoms with Crippen molar-refractivity contribution in [2.24, 2.45) is 0 Å². The molecule has 1 atom stereocenters. The highest BCUT2D eigenvalue weighted by molar-refractivity contribution is 5.96. The zero-order chi connectivity index (χ0) is 14.7. The van der Waals surface area contributed by atoms with Gasteiger partial charge in [-0.3, -0.25) is 4.79 Å². The van der Waals surface area contributed by atoms with Crippen molar-refractivity contribution >= 4 is 5.78 Å². The third-order valence-corrected chi connectivity index (χ3v) is 4.02. The molecule has 0 N–H and O–H groups in total. The van der Waals surface area contributed by atoms with Gasteiger partial charge < -0.3 is 9.64 Å². The number of nitrogens with zero attached hydrogens (tertiary/aromatic N) is 1. The van der Waals surface area contributed by atoms with Crippen molar-refractivity contribution in [1.82, 2.24) is 4.90 Å². The number of aryl methyl sites for hydroxylation is 1. The van der Waals surface area contributed by atoms with Crippen LogP contribution in [0.4, 0.5) is 4.39 Å². The van der Waals surface area contributed by atoms with Crippen LogP contribution in [0, 0.1) is 12.7 Å². The third kappa shape index (κ3) is 3.37. The van der Waals surface area contributed by atoms with Crippen LogP contribution in [0.2, 0.25) is 0 Å². The van der Waals surface area contributed by atoms with Crippen molar-refractivity contribution in [3.63, 3.8) is 0 Å². The standard InChI is InChI=1S/C16H22FNO2/c1-11-9-16(14(12(2)19)10-15(11)17)20-8-6-13-5-4-7-18(13)3/h9-10,13H,4-8H2,1-3H3. The predicted molar refractivity (Wildman–Crippen MR) is 76.9 cm³/mol. The molecule has 0 aliphatic carbocycles. The van der Waals surface area contributed by atoms with Gasteiger partial charge in [0.2, 0.25) is 0 Å². The molecule has 1 aromatic rings. The molecule has 1 saturated heterocycles. The second-order valence-electron chi connectivity index (χ2n) is 5.57. The molecule has 0 bridgehead atoms. The molecule has 4 heteroatoms. The van der Waals surface area contributed by atoms with Crippen molar-refractivity contribution in [1.29, 1.82) is 0 Å². The molecule has 0 amide bonds. The number of hydrogen-bond acceptors (Lipinski definition) is 3. The van der Waals surface area contributed by atoms with Crippen LogP contribution in [0.3, 0.4) is 0 Å². The van der Waals surface area contributed by atoms with Gasteiger partial charge in [-0.25, -0.2) is 4.39 Å². The summed E-state index contributed by atoms with van der Waals surface area (Å²) in [6.45, 7) is 4.80. The lowest BCUT2D eigenvalue weighted by atomic mass is 10.1. The van der Waals surface area contributed by atoms with Gasteiger partial charge in [-0.05, 0) is 64.4 Å². The van der Waals surface area contributed by atoms with E-state index in [1.54, 1.807) is 13.0 Å². The molecule has 1 fully saturated rings. The maximum Gasteiger partial charge on any atom is 0.163 e. The molecule has 0 aromatic heterocycles. The maximum absolute atomic E-state index is 13.5. The third-order valence-electron chi connectivity index (χ3n) is 4.02. The van der Waals surface area contributed by atoms with E-state index in [-0.39, 0.29) is 11.6 Å². The van der Waals surface area contributed by atoms with Gasteiger partial charge in [-0.1, -0.05) is 0 Å². The number of carbonyl (C=O) groups is 1. The van der Waals surface area contributed by atoms with Crippen LogP contribution in [0.1, 0.15) is 42.1 Å². The van der Waals surface area contributed by atoms with Gasteiger partial charge in [0, 0.05) is 6.04 Å². The number of Topliss-reactive ketones (excluding diaryl/α,β-unsaturated/α-hetero) is 1. The summed E-state index contributed by atoms with van der Waals surface area (Å²) in [5.74, 6) is -0.0352. The topological polar surface area (TPSA) is 29.5 Å². The Kier molecular flexibility index (Phi) is 4.76. The molecule has 0 radical (unpaired) electrons. The summed E-state index contributed by atoms with van der Waals surface area (Å²) >= 11 is 0. The summed E-state index contributed by atoms with van der Waals surface area (Å²) in [4.78, 5) is 13.9. The Hall–Kier alpha value is -1.42. The van der Waals surface area contributed by atoms with Crippen molar-refractivity contribution in [3.8, 4) is 5.75 Å². The molecule has 1 heterocycles. The summed E-state index contributed by atoms with van der Waals surface area (Å²) in [6, 6.07) is 3.44. The Balaban J connectivity index is 2.01. The Morgan fingerprint density at radius 2 is 2.25 bits per heavy atom. The van der Waals surface area contributed by atoms with Crippen LogP contribution in [0.5, 0.6) is 5.75 Å². The lowest BCUT2D eigenvalue weighted by Gasteiger charge is -2.19. The molecule has 110 valence electrons. The first kappa shape index (κ1) is 15.0. The lowest BCUT2D eigenvalue weighted by molar-refractivity contribution is 0.101. The number of ketones is 1. The predicted octanol–water partition coefficient (Wildman–Crippen LogP) is 3.20. The van der Waals surface area contributed by atoms with Gasteiger partial charge >= 0.3 is 0 Å². The second kappa shape index (κ2) is 6.35. The van der Waals surface area contributed by atoms with Gasteiger partial charge in [0.15, 0.2) is 5.78 Å². The van der Waals surface area contributed by atoms with E-state index in [4.69, 9.17) is 4.74 Å². The normalized spacial score (nSPS) is 19.3. The molecule has 1 unspecified atom stereocenters. The molecule has 0 saturated carbocycles. The van der Waals surface area contributed by atoms with Crippen molar-refractivity contribution in [3.05, 3.63) is 29.1 Å². The molecule has 20 heavy (non-hydrogen) atoms. The first-order chi connectivity index (χ1) is 9.49. The van der Waals surface area contributed by atoms with Crippen LogP contribution >= 0.6 is 0 Å². The molecule has 1 aliphatic heterocycles. The average molecular weight is 279 g/mol. The van der Waals surface area contributed by atoms with E-state index in [0.29, 0.717) is 29.5 Å². The number of rotatable bonds is 5. The second-order valence-corrected chi connectivity index (χ2v) is 5.57. The summed E-state index contributed by atoms with van der Waals surface area (Å²) in [5.41, 5.74) is 0.830. The minimum Gasteiger partial charge on any atom is -0.493 e. The SMILES string of the molecule is CC(=O)c1cc(F)c(C)cc1OCCC1CCCN1C. The van der Waals surface area contributed by atoms with E-state index in [2.05, 4.69) is 11.9 Å². The Labute approximate surface area is 119 Å². The summed E-state index contributed by atoms with van der Waals surface area (Å²) < 4.78 is 19.3. The largest absolute Gasteiger partial charge is 0.493 e. The highest BCUT2D eigenvalue weighted by Gasteiger charge is 2.21. The van der Waals surface area contributed by atoms with E-state index in [1.165, 1.54) is 25.8 Å². The number of ether oxygens (including phenoxy) is 1. The number of halogens is 1. The van der Waals surface area contributed by atoms with E-state index in [1.807, 2.05) is 0 Å². The molecule has 1 aromatic carbocycles. The summed E-state index contributed by atoms with van der Waals surface area (Å²) in [5, 5.41) is 0. The minimum absolute atomic E-state index is 0.170. The minimum atomic E-state index is -0.363. The quantitative estimate of drug-likeness (QED) is 0.775. The maximum atomic E-state index is 13.5. The number of hydrogen-bond donors (Lipinski definition) is 0. The zero-order valence-electron chi connectivity index (χ0n) is 12.4. The highest BCUT2D eigenvalue weighted by atomic mass is 19.1. The van der Waals surface area contributed by atoms with Crippen molar-refractivity contribution in [2.45, 2.75) is 39.2 Å². The molecule has 2 rings (SSSR count). The zero-order valence-corrected chi connectivity index (χ0v) is 12.4. The van der Waals surface area contributed by atoms with Gasteiger partial charge in [-0.15, -0.1) is 0 Å². The van der Waals surface area contributed by atoms with E-state index >= 15 is 0 Å².